The summed E-state index contributed by atoms with van der Waals surface area (Å²) in [6.07, 6.45) is 4.47. The zero-order valence-electron chi connectivity index (χ0n) is 6.88. The number of unbranched alkanes of at least 4 members (excludes halogenated alkanes) is 1. The Morgan fingerprint density at radius 3 is 2.67 bits per heavy atom. The number of hydrogen-bond acceptors (Lipinski definition) is 2. The topological polar surface area (TPSA) is 40.5 Å². The van der Waals surface area contributed by atoms with Gasteiger partial charge in [0.1, 0.15) is 0 Å². The van der Waals surface area contributed by atoms with E-state index in [0.29, 0.717) is 12.8 Å². The largest absolute Gasteiger partial charge is 0.396 e. The molecule has 0 bridgehead atoms. The van der Waals surface area contributed by atoms with Gasteiger partial charge in [0, 0.05) is 13.0 Å². The summed E-state index contributed by atoms with van der Waals surface area (Å²) in [4.78, 5) is 0. The summed E-state index contributed by atoms with van der Waals surface area (Å²) in [6, 6.07) is 0. The molecule has 0 aliphatic heterocycles. The van der Waals surface area contributed by atoms with Gasteiger partial charge >= 0.3 is 0 Å². The lowest BCUT2D eigenvalue weighted by Crippen LogP contribution is -1.77. The van der Waals surface area contributed by atoms with Crippen molar-refractivity contribution in [2.75, 3.05) is 13.2 Å². The van der Waals surface area contributed by atoms with Crippen molar-refractivity contribution in [2.24, 2.45) is 0 Å². The SMILES string of the molecule is OC/C=C\C#CC#CCCCO. The van der Waals surface area contributed by atoms with Crippen LogP contribution in [0.1, 0.15) is 12.8 Å². The van der Waals surface area contributed by atoms with E-state index in [2.05, 4.69) is 23.7 Å². The highest BCUT2D eigenvalue weighted by Gasteiger charge is 1.74. The number of aliphatic hydroxyl groups is 2. The molecule has 0 unspecified atom stereocenters. The summed E-state index contributed by atoms with van der Waals surface area (Å²) >= 11 is 0. The van der Waals surface area contributed by atoms with Crippen LogP contribution in [-0.2, 0) is 0 Å². The van der Waals surface area contributed by atoms with Crippen molar-refractivity contribution >= 4 is 0 Å². The fourth-order valence-electron chi connectivity index (χ4n) is 0.464. The van der Waals surface area contributed by atoms with Crippen LogP contribution >= 0.6 is 0 Å². The zero-order chi connectivity index (χ0) is 9.07. The van der Waals surface area contributed by atoms with Crippen LogP contribution in [0.15, 0.2) is 12.2 Å². The summed E-state index contributed by atoms with van der Waals surface area (Å²) in [7, 11) is 0. The van der Waals surface area contributed by atoms with E-state index in [0.717, 1.165) is 0 Å². The second-order valence-electron chi connectivity index (χ2n) is 1.98. The van der Waals surface area contributed by atoms with Gasteiger partial charge < -0.3 is 10.2 Å². The predicted molar refractivity (Wildman–Crippen MR) is 48.1 cm³/mol. The van der Waals surface area contributed by atoms with Gasteiger partial charge in [0.2, 0.25) is 0 Å². The van der Waals surface area contributed by atoms with Crippen LogP contribution in [0.25, 0.3) is 0 Å². The molecule has 0 spiro atoms. The van der Waals surface area contributed by atoms with E-state index in [1.54, 1.807) is 12.2 Å². The van der Waals surface area contributed by atoms with Crippen molar-refractivity contribution in [1.29, 1.82) is 0 Å². The third-order valence-electron chi connectivity index (χ3n) is 0.990. The Morgan fingerprint density at radius 1 is 1.17 bits per heavy atom. The highest BCUT2D eigenvalue weighted by atomic mass is 16.3. The second kappa shape index (κ2) is 9.78. The van der Waals surface area contributed by atoms with E-state index in [1.807, 2.05) is 0 Å². The first-order valence-electron chi connectivity index (χ1n) is 3.77. The minimum absolute atomic E-state index is 0.00657. The first kappa shape index (κ1) is 10.8. The molecule has 0 aromatic carbocycles. The lowest BCUT2D eigenvalue weighted by molar-refractivity contribution is 0.290. The fraction of sp³-hybridized carbons (Fsp3) is 0.400. The number of rotatable bonds is 3. The molecule has 12 heavy (non-hydrogen) atoms. The Hall–Kier alpha value is -1.22. The smallest absolute Gasteiger partial charge is 0.0621 e. The van der Waals surface area contributed by atoms with Crippen molar-refractivity contribution in [1.82, 2.24) is 0 Å². The van der Waals surface area contributed by atoms with Crippen LogP contribution in [-0.4, -0.2) is 23.4 Å². The standard InChI is InChI=1S/C10H12O2/c11-9-7-5-3-1-2-4-6-8-10-12/h5,7,11-12H,6,8-10H2/b7-5-. The van der Waals surface area contributed by atoms with E-state index in [4.69, 9.17) is 10.2 Å². The molecule has 0 heterocycles. The van der Waals surface area contributed by atoms with Gasteiger partial charge in [-0.05, 0) is 24.3 Å². The van der Waals surface area contributed by atoms with Gasteiger partial charge in [-0.3, -0.25) is 0 Å². The van der Waals surface area contributed by atoms with Gasteiger partial charge in [0.15, 0.2) is 0 Å². The van der Waals surface area contributed by atoms with Crippen LogP contribution in [0.4, 0.5) is 0 Å². The number of allylic oxidation sites excluding steroid dienone is 1. The molecule has 0 atom stereocenters. The molecule has 0 aliphatic rings. The molecule has 0 aromatic heterocycles. The third-order valence-corrected chi connectivity index (χ3v) is 0.990. The van der Waals surface area contributed by atoms with Crippen LogP contribution < -0.4 is 0 Å². The van der Waals surface area contributed by atoms with Gasteiger partial charge in [0.05, 0.1) is 6.61 Å². The molecule has 2 heteroatoms. The normalized spacial score (nSPS) is 8.50. The molecule has 0 radical (unpaired) electrons. The minimum Gasteiger partial charge on any atom is -0.396 e. The molecule has 0 aromatic rings. The zero-order valence-corrected chi connectivity index (χ0v) is 6.88. The average Bonchev–Trinajstić information content (AvgIpc) is 2.10. The summed E-state index contributed by atoms with van der Waals surface area (Å²) in [5.41, 5.74) is 0. The van der Waals surface area contributed by atoms with E-state index in [9.17, 15) is 0 Å². The maximum Gasteiger partial charge on any atom is 0.0621 e. The maximum atomic E-state index is 8.40. The minimum atomic E-state index is 0.00657. The van der Waals surface area contributed by atoms with E-state index < -0.39 is 0 Å². The highest BCUT2D eigenvalue weighted by molar-refractivity contribution is 5.30. The summed E-state index contributed by atoms with van der Waals surface area (Å²) < 4.78 is 0. The van der Waals surface area contributed by atoms with Crippen LogP contribution in [0.2, 0.25) is 0 Å². The Labute approximate surface area is 72.9 Å². The highest BCUT2D eigenvalue weighted by Crippen LogP contribution is 1.81. The maximum absolute atomic E-state index is 8.40. The molecule has 0 fully saturated rings. The Kier molecular flexibility index (Phi) is 8.79. The lowest BCUT2D eigenvalue weighted by Gasteiger charge is -1.80. The number of aliphatic hydroxyl groups excluding tert-OH is 2. The van der Waals surface area contributed by atoms with Gasteiger partial charge in [-0.15, -0.1) is 0 Å². The molecule has 0 aliphatic carbocycles. The third kappa shape index (κ3) is 8.78. The predicted octanol–water partition coefficient (Wildman–Crippen LogP) is 0.314. The van der Waals surface area contributed by atoms with Gasteiger partial charge in [-0.1, -0.05) is 17.9 Å². The molecule has 0 saturated heterocycles. The van der Waals surface area contributed by atoms with Crippen LogP contribution in [0, 0.1) is 23.7 Å². The quantitative estimate of drug-likeness (QED) is 0.465. The van der Waals surface area contributed by atoms with Gasteiger partial charge in [0.25, 0.3) is 0 Å². The van der Waals surface area contributed by atoms with Crippen molar-refractivity contribution in [3.63, 3.8) is 0 Å². The first-order chi connectivity index (χ1) is 5.91. The van der Waals surface area contributed by atoms with Crippen LogP contribution in [0.3, 0.4) is 0 Å². The molecular weight excluding hydrogens is 152 g/mol. The Balaban J connectivity index is 3.52. The van der Waals surface area contributed by atoms with E-state index >= 15 is 0 Å². The molecule has 0 rings (SSSR count). The van der Waals surface area contributed by atoms with Crippen molar-refractivity contribution in [2.45, 2.75) is 12.8 Å². The Bertz CT molecular complexity index is 232. The molecule has 2 N–H and O–H groups in total. The molecule has 0 saturated carbocycles. The summed E-state index contributed by atoms with van der Waals surface area (Å²) in [5, 5.41) is 16.7. The van der Waals surface area contributed by atoms with Gasteiger partial charge in [-0.2, -0.15) is 0 Å². The van der Waals surface area contributed by atoms with Crippen LogP contribution in [0.5, 0.6) is 0 Å². The van der Waals surface area contributed by atoms with Crippen molar-refractivity contribution < 1.29 is 10.2 Å². The lowest BCUT2D eigenvalue weighted by atomic mass is 10.3. The summed E-state index contributed by atoms with van der Waals surface area (Å²) in [5.74, 6) is 10.6. The average molecular weight is 164 g/mol. The fourth-order valence-corrected chi connectivity index (χ4v) is 0.464. The molecule has 2 nitrogen and oxygen atoms in total. The molecule has 0 amide bonds. The monoisotopic (exact) mass is 164 g/mol. The van der Waals surface area contributed by atoms with Crippen molar-refractivity contribution in [3.05, 3.63) is 12.2 Å². The number of hydrogen-bond donors (Lipinski definition) is 2. The van der Waals surface area contributed by atoms with Gasteiger partial charge in [-0.25, -0.2) is 0 Å². The second-order valence-corrected chi connectivity index (χ2v) is 1.98. The van der Waals surface area contributed by atoms with E-state index in [-0.39, 0.29) is 13.2 Å². The first-order valence-corrected chi connectivity index (χ1v) is 3.77. The molecular formula is C10H12O2. The van der Waals surface area contributed by atoms with Crippen molar-refractivity contribution in [3.8, 4) is 23.7 Å². The molecule has 64 valence electrons. The summed E-state index contributed by atoms with van der Waals surface area (Å²) in [6.45, 7) is 0.180. The Morgan fingerprint density at radius 2 is 2.00 bits per heavy atom. The van der Waals surface area contributed by atoms with E-state index in [1.165, 1.54) is 0 Å².